The van der Waals surface area contributed by atoms with E-state index in [1.54, 1.807) is 6.33 Å². The molecule has 24 heavy (non-hydrogen) atoms. The lowest BCUT2D eigenvalue weighted by molar-refractivity contribution is -0.119. The number of nitrogens with one attached hydrogen (secondary N) is 2. The van der Waals surface area contributed by atoms with E-state index < -0.39 is 0 Å². The second-order valence-corrected chi connectivity index (χ2v) is 5.89. The van der Waals surface area contributed by atoms with E-state index in [1.165, 1.54) is 18.4 Å². The molecule has 1 aromatic heterocycles. The summed E-state index contributed by atoms with van der Waals surface area (Å²) in [5.74, 6) is 1.58. The average molecular weight is 325 g/mol. The molecular weight excluding hydrogens is 302 g/mol. The van der Waals surface area contributed by atoms with E-state index in [9.17, 15) is 4.79 Å². The summed E-state index contributed by atoms with van der Waals surface area (Å²) in [7, 11) is 0. The summed E-state index contributed by atoms with van der Waals surface area (Å²) in [4.78, 5) is 22.7. The van der Waals surface area contributed by atoms with Crippen molar-refractivity contribution in [2.24, 2.45) is 0 Å². The van der Waals surface area contributed by atoms with Crippen molar-refractivity contribution in [2.45, 2.75) is 19.3 Å². The fourth-order valence-electron chi connectivity index (χ4n) is 2.79. The van der Waals surface area contributed by atoms with Gasteiger partial charge in [0.2, 0.25) is 5.91 Å². The highest BCUT2D eigenvalue weighted by Gasteiger charge is 2.14. The molecule has 1 fully saturated rings. The first-order valence-corrected chi connectivity index (χ1v) is 8.43. The fraction of sp³-hybridized carbons (Fsp3) is 0.389. The Balaban J connectivity index is 1.42. The molecule has 2 N–H and O–H groups in total. The van der Waals surface area contributed by atoms with Crippen LogP contribution in [0.3, 0.4) is 0 Å². The normalized spacial score (nSPS) is 13.8. The molecule has 1 amide bonds. The smallest absolute Gasteiger partial charge is 0.239 e. The van der Waals surface area contributed by atoms with Crippen molar-refractivity contribution in [3.8, 4) is 0 Å². The van der Waals surface area contributed by atoms with Crippen LogP contribution in [-0.2, 0) is 11.2 Å². The molecular formula is C18H23N5O. The number of hydrogen-bond acceptors (Lipinski definition) is 5. The third-order valence-corrected chi connectivity index (χ3v) is 4.09. The van der Waals surface area contributed by atoms with Crippen LogP contribution in [-0.4, -0.2) is 42.1 Å². The van der Waals surface area contributed by atoms with Gasteiger partial charge < -0.3 is 15.5 Å². The van der Waals surface area contributed by atoms with Gasteiger partial charge in [0.1, 0.15) is 18.0 Å². The number of carbonyl (C=O) groups excluding carboxylic acids is 1. The zero-order chi connectivity index (χ0) is 16.6. The molecule has 0 radical (unpaired) electrons. The van der Waals surface area contributed by atoms with Gasteiger partial charge in [0, 0.05) is 25.7 Å². The summed E-state index contributed by atoms with van der Waals surface area (Å²) >= 11 is 0. The van der Waals surface area contributed by atoms with E-state index in [2.05, 4.69) is 37.6 Å². The van der Waals surface area contributed by atoms with Crippen LogP contribution >= 0.6 is 0 Å². The van der Waals surface area contributed by atoms with Gasteiger partial charge in [-0.2, -0.15) is 0 Å². The number of hydrogen-bond donors (Lipinski definition) is 2. The zero-order valence-corrected chi connectivity index (χ0v) is 13.7. The lowest BCUT2D eigenvalue weighted by Gasteiger charge is -2.16. The molecule has 2 heterocycles. The maximum atomic E-state index is 11.9. The Morgan fingerprint density at radius 3 is 2.71 bits per heavy atom. The van der Waals surface area contributed by atoms with Crippen molar-refractivity contribution >= 4 is 17.5 Å². The number of amides is 1. The predicted octanol–water partition coefficient (Wildman–Crippen LogP) is 1.85. The van der Waals surface area contributed by atoms with Gasteiger partial charge in [-0.05, 0) is 24.8 Å². The largest absolute Gasteiger partial charge is 0.361 e. The van der Waals surface area contributed by atoms with Crippen LogP contribution in [0.1, 0.15) is 18.4 Å². The van der Waals surface area contributed by atoms with E-state index in [1.807, 2.05) is 24.3 Å². The summed E-state index contributed by atoms with van der Waals surface area (Å²) in [6.45, 7) is 2.92. The first-order valence-electron chi connectivity index (χ1n) is 8.43. The van der Waals surface area contributed by atoms with Crippen molar-refractivity contribution in [2.75, 3.05) is 36.4 Å². The number of carbonyl (C=O) groups is 1. The highest BCUT2D eigenvalue weighted by Crippen LogP contribution is 2.18. The van der Waals surface area contributed by atoms with Crippen molar-refractivity contribution in [3.63, 3.8) is 0 Å². The number of aromatic nitrogens is 2. The Bertz CT molecular complexity index is 655. The standard InChI is InChI=1S/C18H23N5O/c24-18(19-9-8-15-6-2-1-3-7-15)13-20-16-12-17(22-14-21-16)23-10-4-5-11-23/h1-3,6-7,12,14H,4-5,8-11,13H2,(H,19,24)(H,20,21,22). The molecule has 0 atom stereocenters. The third kappa shape index (κ3) is 4.68. The maximum Gasteiger partial charge on any atom is 0.239 e. The Kier molecular flexibility index (Phi) is 5.61. The Morgan fingerprint density at radius 1 is 1.12 bits per heavy atom. The minimum absolute atomic E-state index is 0.0349. The molecule has 1 aromatic carbocycles. The highest BCUT2D eigenvalue weighted by atomic mass is 16.1. The van der Waals surface area contributed by atoms with E-state index in [0.717, 1.165) is 25.3 Å². The lowest BCUT2D eigenvalue weighted by Crippen LogP contribution is -2.31. The molecule has 0 unspecified atom stereocenters. The monoisotopic (exact) mass is 325 g/mol. The molecule has 126 valence electrons. The van der Waals surface area contributed by atoms with Gasteiger partial charge in [-0.1, -0.05) is 30.3 Å². The molecule has 1 saturated heterocycles. The van der Waals surface area contributed by atoms with Crippen LogP contribution in [0.25, 0.3) is 0 Å². The number of anilines is 2. The quantitative estimate of drug-likeness (QED) is 0.813. The van der Waals surface area contributed by atoms with Crippen LogP contribution in [0.5, 0.6) is 0 Å². The average Bonchev–Trinajstić information content (AvgIpc) is 3.16. The third-order valence-electron chi connectivity index (χ3n) is 4.09. The van der Waals surface area contributed by atoms with Crippen molar-refractivity contribution in [3.05, 3.63) is 48.3 Å². The number of benzene rings is 1. The molecule has 3 rings (SSSR count). The summed E-state index contributed by atoms with van der Waals surface area (Å²) < 4.78 is 0. The molecule has 1 aliphatic heterocycles. The van der Waals surface area contributed by atoms with Crippen molar-refractivity contribution in [1.29, 1.82) is 0 Å². The summed E-state index contributed by atoms with van der Waals surface area (Å²) in [5, 5.41) is 5.98. The van der Waals surface area contributed by atoms with Crippen LogP contribution in [0.4, 0.5) is 11.6 Å². The molecule has 0 bridgehead atoms. The topological polar surface area (TPSA) is 70.2 Å². The summed E-state index contributed by atoms with van der Waals surface area (Å²) in [5.41, 5.74) is 1.22. The van der Waals surface area contributed by atoms with E-state index in [0.29, 0.717) is 12.4 Å². The molecule has 0 aliphatic carbocycles. The summed E-state index contributed by atoms with van der Waals surface area (Å²) in [6.07, 6.45) is 4.79. The minimum atomic E-state index is -0.0349. The first-order chi connectivity index (χ1) is 11.8. The minimum Gasteiger partial charge on any atom is -0.361 e. The SMILES string of the molecule is O=C(CNc1cc(N2CCCC2)ncn1)NCCc1ccccc1. The second kappa shape index (κ2) is 8.29. The Morgan fingerprint density at radius 2 is 1.92 bits per heavy atom. The zero-order valence-electron chi connectivity index (χ0n) is 13.7. The van der Waals surface area contributed by atoms with Crippen molar-refractivity contribution in [1.82, 2.24) is 15.3 Å². The van der Waals surface area contributed by atoms with Crippen LogP contribution < -0.4 is 15.5 Å². The van der Waals surface area contributed by atoms with Crippen molar-refractivity contribution < 1.29 is 4.79 Å². The second-order valence-electron chi connectivity index (χ2n) is 5.89. The van der Waals surface area contributed by atoms with Crippen LogP contribution in [0.2, 0.25) is 0 Å². The van der Waals surface area contributed by atoms with Gasteiger partial charge in [0.25, 0.3) is 0 Å². The lowest BCUT2D eigenvalue weighted by atomic mass is 10.1. The predicted molar refractivity (Wildman–Crippen MR) is 95.1 cm³/mol. The van der Waals surface area contributed by atoms with Crippen LogP contribution in [0.15, 0.2) is 42.7 Å². The number of rotatable bonds is 7. The van der Waals surface area contributed by atoms with Gasteiger partial charge >= 0.3 is 0 Å². The number of nitrogens with zero attached hydrogens (tertiary/aromatic N) is 3. The van der Waals surface area contributed by atoms with Gasteiger partial charge in [-0.15, -0.1) is 0 Å². The van der Waals surface area contributed by atoms with E-state index >= 15 is 0 Å². The maximum absolute atomic E-state index is 11.9. The molecule has 0 spiro atoms. The Hall–Kier alpha value is -2.63. The molecule has 6 heteroatoms. The molecule has 1 aliphatic rings. The van der Waals surface area contributed by atoms with Crippen LogP contribution in [0, 0.1) is 0 Å². The molecule has 0 saturated carbocycles. The van der Waals surface area contributed by atoms with Gasteiger partial charge in [-0.25, -0.2) is 9.97 Å². The fourth-order valence-corrected chi connectivity index (χ4v) is 2.79. The van der Waals surface area contributed by atoms with E-state index in [-0.39, 0.29) is 12.5 Å². The first kappa shape index (κ1) is 16.2. The van der Waals surface area contributed by atoms with Gasteiger partial charge in [-0.3, -0.25) is 4.79 Å². The van der Waals surface area contributed by atoms with Gasteiger partial charge in [0.15, 0.2) is 0 Å². The van der Waals surface area contributed by atoms with Gasteiger partial charge in [0.05, 0.1) is 6.54 Å². The highest BCUT2D eigenvalue weighted by molar-refractivity contribution is 5.80. The summed E-state index contributed by atoms with van der Waals surface area (Å²) in [6, 6.07) is 12.0. The molecule has 6 nitrogen and oxygen atoms in total. The van der Waals surface area contributed by atoms with E-state index in [4.69, 9.17) is 0 Å². The Labute approximate surface area is 142 Å². The molecule has 2 aromatic rings.